The van der Waals surface area contributed by atoms with Crippen molar-refractivity contribution in [2.75, 3.05) is 6.61 Å². The van der Waals surface area contributed by atoms with Crippen molar-refractivity contribution in [1.29, 1.82) is 0 Å². The summed E-state index contributed by atoms with van der Waals surface area (Å²) in [5.74, 6) is 0.451. The fourth-order valence-corrected chi connectivity index (χ4v) is 2.95. The minimum Gasteiger partial charge on any atom is -0.378 e. The summed E-state index contributed by atoms with van der Waals surface area (Å²) in [4.78, 5) is 11.6. The third-order valence-electron chi connectivity index (χ3n) is 3.77. The van der Waals surface area contributed by atoms with E-state index >= 15 is 0 Å². The summed E-state index contributed by atoms with van der Waals surface area (Å²) >= 11 is 0. The van der Waals surface area contributed by atoms with Crippen LogP contribution in [0.1, 0.15) is 30.9 Å². The van der Waals surface area contributed by atoms with Crippen molar-refractivity contribution in [1.82, 2.24) is 5.32 Å². The Hall–Kier alpha value is -1.35. The van der Waals surface area contributed by atoms with Crippen LogP contribution in [0.25, 0.3) is 0 Å². The maximum absolute atomic E-state index is 11.6. The molecule has 3 atom stereocenters. The van der Waals surface area contributed by atoms with Gasteiger partial charge in [0.15, 0.2) is 0 Å². The van der Waals surface area contributed by atoms with E-state index in [9.17, 15) is 4.79 Å². The smallest absolute Gasteiger partial charge is 0.220 e. The number of hydrogen-bond donors (Lipinski definition) is 1. The zero-order valence-electron chi connectivity index (χ0n) is 9.76. The number of carbonyl (C=O) groups is 1. The van der Waals surface area contributed by atoms with Crippen molar-refractivity contribution in [3.05, 3.63) is 35.9 Å². The van der Waals surface area contributed by atoms with Crippen molar-refractivity contribution < 1.29 is 9.53 Å². The average molecular weight is 231 g/mol. The fraction of sp³-hybridized carbons (Fsp3) is 0.500. The zero-order valence-corrected chi connectivity index (χ0v) is 9.76. The first kappa shape index (κ1) is 10.8. The van der Waals surface area contributed by atoms with Crippen LogP contribution in [0, 0.1) is 5.92 Å². The summed E-state index contributed by atoms with van der Waals surface area (Å²) in [5.41, 5.74) is 1.19. The van der Waals surface area contributed by atoms with Gasteiger partial charge in [-0.2, -0.15) is 0 Å². The largest absolute Gasteiger partial charge is 0.378 e. The molecule has 3 heteroatoms. The quantitative estimate of drug-likeness (QED) is 0.846. The monoisotopic (exact) mass is 231 g/mol. The van der Waals surface area contributed by atoms with E-state index in [0.29, 0.717) is 12.3 Å². The first-order chi connectivity index (χ1) is 8.34. The fourth-order valence-electron chi connectivity index (χ4n) is 2.95. The van der Waals surface area contributed by atoms with Gasteiger partial charge in [0.1, 0.15) is 0 Å². The Morgan fingerprint density at radius 3 is 2.76 bits per heavy atom. The molecule has 1 N–H and O–H groups in total. The summed E-state index contributed by atoms with van der Waals surface area (Å²) in [6.07, 6.45) is 3.06. The van der Waals surface area contributed by atoms with Gasteiger partial charge >= 0.3 is 0 Å². The third-order valence-corrected chi connectivity index (χ3v) is 3.77. The zero-order chi connectivity index (χ0) is 11.7. The Labute approximate surface area is 101 Å². The van der Waals surface area contributed by atoms with Gasteiger partial charge in [-0.3, -0.25) is 4.79 Å². The van der Waals surface area contributed by atoms with E-state index in [1.165, 1.54) is 5.56 Å². The van der Waals surface area contributed by atoms with Gasteiger partial charge in [-0.15, -0.1) is 0 Å². The standard InChI is InChI=1S/C14H17NO2/c16-13-9-11(12-7-4-8-17-12)14(15-13)10-5-2-1-3-6-10/h1-3,5-6,11-12,14H,4,7-9H2,(H,15,16). The average Bonchev–Trinajstić information content (AvgIpc) is 2.98. The summed E-state index contributed by atoms with van der Waals surface area (Å²) in [6, 6.07) is 10.3. The molecule has 0 bridgehead atoms. The van der Waals surface area contributed by atoms with Crippen molar-refractivity contribution >= 4 is 5.91 Å². The van der Waals surface area contributed by atoms with Crippen LogP contribution in [0.3, 0.4) is 0 Å². The van der Waals surface area contributed by atoms with E-state index in [1.807, 2.05) is 18.2 Å². The predicted octanol–water partition coefficient (Wildman–Crippen LogP) is 2.04. The van der Waals surface area contributed by atoms with Gasteiger partial charge in [0.05, 0.1) is 12.1 Å². The second-order valence-electron chi connectivity index (χ2n) is 4.88. The Morgan fingerprint density at radius 1 is 1.24 bits per heavy atom. The van der Waals surface area contributed by atoms with E-state index < -0.39 is 0 Å². The lowest BCUT2D eigenvalue weighted by Gasteiger charge is -2.24. The van der Waals surface area contributed by atoms with Gasteiger partial charge in [0.25, 0.3) is 0 Å². The lowest BCUT2D eigenvalue weighted by Crippen LogP contribution is -2.27. The highest BCUT2D eigenvalue weighted by Crippen LogP contribution is 2.37. The molecule has 1 aromatic carbocycles. The Kier molecular flexibility index (Phi) is 2.85. The Bertz CT molecular complexity index is 398. The van der Waals surface area contributed by atoms with E-state index in [-0.39, 0.29) is 18.1 Å². The molecular weight excluding hydrogens is 214 g/mol. The molecule has 3 nitrogen and oxygen atoms in total. The molecule has 90 valence electrons. The van der Waals surface area contributed by atoms with Gasteiger partial charge in [0, 0.05) is 18.9 Å². The molecular formula is C14H17NO2. The summed E-state index contributed by atoms with van der Waals surface area (Å²) in [7, 11) is 0. The second kappa shape index (κ2) is 4.49. The van der Waals surface area contributed by atoms with E-state index in [1.54, 1.807) is 0 Å². The van der Waals surface area contributed by atoms with Crippen LogP contribution in [0.5, 0.6) is 0 Å². The molecule has 0 aromatic heterocycles. The number of ether oxygens (including phenoxy) is 1. The second-order valence-corrected chi connectivity index (χ2v) is 4.88. The summed E-state index contributed by atoms with van der Waals surface area (Å²) < 4.78 is 5.74. The molecule has 0 spiro atoms. The summed E-state index contributed by atoms with van der Waals surface area (Å²) in [6.45, 7) is 0.844. The summed E-state index contributed by atoms with van der Waals surface area (Å²) in [5, 5.41) is 3.08. The van der Waals surface area contributed by atoms with Gasteiger partial charge < -0.3 is 10.1 Å². The number of hydrogen-bond acceptors (Lipinski definition) is 2. The normalized spacial score (nSPS) is 32.7. The Morgan fingerprint density at radius 2 is 2.06 bits per heavy atom. The van der Waals surface area contributed by atoms with Crippen LogP contribution in [-0.4, -0.2) is 18.6 Å². The molecule has 1 amide bonds. The van der Waals surface area contributed by atoms with Gasteiger partial charge in [0.2, 0.25) is 5.91 Å². The highest BCUT2D eigenvalue weighted by atomic mass is 16.5. The van der Waals surface area contributed by atoms with Crippen LogP contribution in [0.4, 0.5) is 0 Å². The topological polar surface area (TPSA) is 38.3 Å². The van der Waals surface area contributed by atoms with Crippen molar-refractivity contribution in [3.63, 3.8) is 0 Å². The maximum Gasteiger partial charge on any atom is 0.220 e. The molecule has 2 heterocycles. The number of carbonyl (C=O) groups excluding carboxylic acids is 1. The molecule has 2 aliphatic rings. The minimum absolute atomic E-state index is 0.131. The van der Waals surface area contributed by atoms with E-state index in [0.717, 1.165) is 19.4 Å². The molecule has 0 radical (unpaired) electrons. The predicted molar refractivity (Wildman–Crippen MR) is 64.4 cm³/mol. The SMILES string of the molecule is O=C1CC(C2CCCO2)C(c2ccccc2)N1. The highest BCUT2D eigenvalue weighted by molar-refractivity contribution is 5.79. The van der Waals surface area contributed by atoms with Crippen LogP contribution in [0.15, 0.2) is 30.3 Å². The van der Waals surface area contributed by atoms with Crippen LogP contribution < -0.4 is 5.32 Å². The maximum atomic E-state index is 11.6. The van der Waals surface area contributed by atoms with Gasteiger partial charge in [-0.25, -0.2) is 0 Å². The number of nitrogens with one attached hydrogen (secondary N) is 1. The van der Waals surface area contributed by atoms with Gasteiger partial charge in [-0.05, 0) is 18.4 Å². The molecule has 0 aliphatic carbocycles. The molecule has 2 aliphatic heterocycles. The Balaban J connectivity index is 1.84. The molecule has 2 saturated heterocycles. The lowest BCUT2D eigenvalue weighted by molar-refractivity contribution is -0.119. The van der Waals surface area contributed by atoms with E-state index in [2.05, 4.69) is 17.4 Å². The van der Waals surface area contributed by atoms with E-state index in [4.69, 9.17) is 4.74 Å². The van der Waals surface area contributed by atoms with Crippen LogP contribution >= 0.6 is 0 Å². The van der Waals surface area contributed by atoms with Crippen molar-refractivity contribution in [2.24, 2.45) is 5.92 Å². The lowest BCUT2D eigenvalue weighted by atomic mass is 9.88. The first-order valence-electron chi connectivity index (χ1n) is 6.30. The number of benzene rings is 1. The minimum atomic E-state index is 0.131. The number of rotatable bonds is 2. The highest BCUT2D eigenvalue weighted by Gasteiger charge is 2.40. The molecule has 3 unspecified atom stereocenters. The molecule has 1 aromatic rings. The third kappa shape index (κ3) is 2.07. The first-order valence-corrected chi connectivity index (χ1v) is 6.30. The van der Waals surface area contributed by atoms with Crippen LogP contribution in [-0.2, 0) is 9.53 Å². The van der Waals surface area contributed by atoms with Gasteiger partial charge in [-0.1, -0.05) is 30.3 Å². The van der Waals surface area contributed by atoms with Crippen LogP contribution in [0.2, 0.25) is 0 Å². The molecule has 17 heavy (non-hydrogen) atoms. The van der Waals surface area contributed by atoms with Crippen molar-refractivity contribution in [2.45, 2.75) is 31.4 Å². The molecule has 0 saturated carbocycles. The van der Waals surface area contributed by atoms with Crippen molar-refractivity contribution in [3.8, 4) is 0 Å². The molecule has 3 rings (SSSR count). The number of amides is 1. The molecule has 2 fully saturated rings.